The van der Waals surface area contributed by atoms with Crippen molar-refractivity contribution in [2.45, 2.75) is 90.5 Å². The van der Waals surface area contributed by atoms with Crippen LogP contribution < -0.4 is 15.4 Å². The first kappa shape index (κ1) is 27.5. The molecule has 37 heavy (non-hydrogen) atoms. The summed E-state index contributed by atoms with van der Waals surface area (Å²) in [5.41, 5.74) is 2.32. The molecule has 2 aromatic rings. The Hall–Kier alpha value is -2.58. The van der Waals surface area contributed by atoms with Crippen molar-refractivity contribution >= 4 is 5.91 Å². The highest BCUT2D eigenvalue weighted by Crippen LogP contribution is 2.50. The third-order valence-corrected chi connectivity index (χ3v) is 7.18. The van der Waals surface area contributed by atoms with Gasteiger partial charge in [0.2, 0.25) is 11.8 Å². The Morgan fingerprint density at radius 2 is 1.84 bits per heavy atom. The highest BCUT2D eigenvalue weighted by atomic mass is 19.1. The van der Waals surface area contributed by atoms with Gasteiger partial charge in [0.15, 0.2) is 0 Å². The number of fused-ring (bicyclic) bond motifs is 1. The minimum absolute atomic E-state index is 0.0806. The maximum Gasteiger partial charge on any atom is 0.218 e. The van der Waals surface area contributed by atoms with E-state index in [0.29, 0.717) is 17.4 Å². The summed E-state index contributed by atoms with van der Waals surface area (Å²) in [6.07, 6.45) is 4.55. The molecule has 1 aliphatic carbocycles. The molecule has 2 aliphatic rings. The van der Waals surface area contributed by atoms with Crippen LogP contribution in [0.25, 0.3) is 0 Å². The number of aliphatic hydroxyl groups is 1. The van der Waals surface area contributed by atoms with Crippen molar-refractivity contribution in [3.05, 3.63) is 58.8 Å². The largest absolute Gasteiger partial charge is 0.471 e. The smallest absolute Gasteiger partial charge is 0.218 e. The molecule has 0 saturated heterocycles. The molecule has 0 bridgehead atoms. The van der Waals surface area contributed by atoms with Crippen molar-refractivity contribution in [3.63, 3.8) is 0 Å². The SMILES string of the molecule is CC(=O)N[C@@H](Cc1cc(F)cc(F)c1)[C@H](O)CN[C@H]1C[C@]2(C[C@H](C)C2)Oc2ncc(CC(C)(C)C)cc21. The second kappa shape index (κ2) is 10.7. The van der Waals surface area contributed by atoms with E-state index in [9.17, 15) is 18.7 Å². The fourth-order valence-corrected chi connectivity index (χ4v) is 5.86. The molecule has 1 aromatic heterocycles. The summed E-state index contributed by atoms with van der Waals surface area (Å²) in [6.45, 7) is 10.3. The number of rotatable bonds is 8. The highest BCUT2D eigenvalue weighted by Gasteiger charge is 2.49. The third-order valence-electron chi connectivity index (χ3n) is 7.18. The zero-order chi connectivity index (χ0) is 27.0. The number of ether oxygens (including phenoxy) is 1. The van der Waals surface area contributed by atoms with Gasteiger partial charge in [-0.3, -0.25) is 4.79 Å². The van der Waals surface area contributed by atoms with Crippen molar-refractivity contribution < 1.29 is 23.4 Å². The predicted molar refractivity (Wildman–Crippen MR) is 138 cm³/mol. The number of amides is 1. The average Bonchev–Trinajstić information content (AvgIpc) is 2.74. The second-order valence-corrected chi connectivity index (χ2v) is 12.3. The number of benzene rings is 1. The van der Waals surface area contributed by atoms with Crippen molar-refractivity contribution in [2.75, 3.05) is 6.54 Å². The Balaban J connectivity index is 1.52. The first-order valence-corrected chi connectivity index (χ1v) is 13.1. The molecule has 3 N–H and O–H groups in total. The predicted octanol–water partition coefficient (Wildman–Crippen LogP) is 4.64. The Bertz CT molecular complexity index is 1110. The summed E-state index contributed by atoms with van der Waals surface area (Å²) in [5.74, 6) is -0.487. The molecule has 3 atom stereocenters. The molecule has 4 rings (SSSR count). The molecule has 6 nitrogen and oxygen atoms in total. The lowest BCUT2D eigenvalue weighted by Gasteiger charge is -2.50. The zero-order valence-corrected chi connectivity index (χ0v) is 22.4. The van der Waals surface area contributed by atoms with E-state index in [1.54, 1.807) is 0 Å². The molecule has 2 heterocycles. The van der Waals surface area contributed by atoms with E-state index < -0.39 is 23.8 Å². The number of halogens is 2. The van der Waals surface area contributed by atoms with Crippen LogP contribution in [0.4, 0.5) is 8.78 Å². The number of carbonyl (C=O) groups is 1. The maximum atomic E-state index is 13.7. The molecule has 0 unspecified atom stereocenters. The van der Waals surface area contributed by atoms with Gasteiger partial charge in [-0.2, -0.15) is 0 Å². The Labute approximate surface area is 218 Å². The molecule has 1 saturated carbocycles. The van der Waals surface area contributed by atoms with Gasteiger partial charge in [-0.15, -0.1) is 0 Å². The average molecular weight is 516 g/mol. The number of aromatic nitrogens is 1. The lowest BCUT2D eigenvalue weighted by molar-refractivity contribution is -0.120. The number of carbonyl (C=O) groups excluding carboxylic acids is 1. The number of pyridine rings is 1. The Morgan fingerprint density at radius 1 is 1.16 bits per heavy atom. The first-order valence-electron chi connectivity index (χ1n) is 13.1. The maximum absolute atomic E-state index is 13.7. The van der Waals surface area contributed by atoms with Crippen LogP contribution in [0, 0.1) is 23.0 Å². The lowest BCUT2D eigenvalue weighted by Crippen LogP contribution is -2.54. The number of hydrogen-bond acceptors (Lipinski definition) is 5. The number of hydrogen-bond donors (Lipinski definition) is 3. The van der Waals surface area contributed by atoms with Crippen LogP contribution in [0.15, 0.2) is 30.5 Å². The molecule has 1 fully saturated rings. The zero-order valence-electron chi connectivity index (χ0n) is 22.4. The molecule has 0 radical (unpaired) electrons. The van der Waals surface area contributed by atoms with Crippen LogP contribution in [0.2, 0.25) is 0 Å². The molecular weight excluding hydrogens is 476 g/mol. The van der Waals surface area contributed by atoms with Gasteiger partial charge in [-0.1, -0.05) is 27.7 Å². The van der Waals surface area contributed by atoms with Gasteiger partial charge < -0.3 is 20.5 Å². The molecule has 202 valence electrons. The third kappa shape index (κ3) is 7.05. The monoisotopic (exact) mass is 515 g/mol. The fourth-order valence-electron chi connectivity index (χ4n) is 5.86. The van der Waals surface area contributed by atoms with Gasteiger partial charge in [-0.05, 0) is 66.3 Å². The van der Waals surface area contributed by atoms with Gasteiger partial charge in [0.25, 0.3) is 0 Å². The molecule has 1 spiro atoms. The van der Waals surface area contributed by atoms with Crippen molar-refractivity contribution in [2.24, 2.45) is 11.3 Å². The van der Waals surface area contributed by atoms with Gasteiger partial charge in [0, 0.05) is 43.8 Å². The molecule has 1 amide bonds. The normalized spacial score (nSPS) is 24.5. The van der Waals surface area contributed by atoms with E-state index >= 15 is 0 Å². The molecule has 8 heteroatoms. The van der Waals surface area contributed by atoms with Crippen LogP contribution >= 0.6 is 0 Å². The van der Waals surface area contributed by atoms with Gasteiger partial charge in [-0.25, -0.2) is 13.8 Å². The highest BCUT2D eigenvalue weighted by molar-refractivity contribution is 5.73. The standard InChI is InChI=1S/C29H39F2N3O3/c1-17-11-29(12-17)14-25(23-8-20(13-28(3,4)5)15-33-27(23)37-29)32-16-26(36)24(34-18(2)35)9-19-6-21(30)10-22(31)7-19/h6-8,10,15,17,24-26,32,36H,9,11-14,16H2,1-5H3,(H,34,35)/t17-,24-,25-,26+,29+/m0/s1. The van der Waals surface area contributed by atoms with E-state index in [4.69, 9.17) is 4.74 Å². The van der Waals surface area contributed by atoms with E-state index in [1.807, 2.05) is 6.20 Å². The van der Waals surface area contributed by atoms with Crippen LogP contribution in [0.3, 0.4) is 0 Å². The van der Waals surface area contributed by atoms with E-state index in [2.05, 4.69) is 49.4 Å². The van der Waals surface area contributed by atoms with Gasteiger partial charge in [0.1, 0.15) is 17.2 Å². The minimum atomic E-state index is -0.983. The van der Waals surface area contributed by atoms with Crippen LogP contribution in [0.1, 0.15) is 76.6 Å². The Kier molecular flexibility index (Phi) is 7.91. The van der Waals surface area contributed by atoms with Crippen molar-refractivity contribution in [1.82, 2.24) is 15.6 Å². The lowest BCUT2D eigenvalue weighted by atomic mass is 9.67. The summed E-state index contributed by atoms with van der Waals surface area (Å²) in [7, 11) is 0. The Morgan fingerprint density at radius 3 is 2.43 bits per heavy atom. The quantitative estimate of drug-likeness (QED) is 0.477. The summed E-state index contributed by atoms with van der Waals surface area (Å²) in [4.78, 5) is 16.5. The molecule has 1 aliphatic heterocycles. The summed E-state index contributed by atoms with van der Waals surface area (Å²) < 4.78 is 33.9. The van der Waals surface area contributed by atoms with E-state index in [0.717, 1.165) is 42.9 Å². The van der Waals surface area contributed by atoms with E-state index in [-0.39, 0.29) is 35.9 Å². The first-order chi connectivity index (χ1) is 17.3. The summed E-state index contributed by atoms with van der Waals surface area (Å²) >= 11 is 0. The minimum Gasteiger partial charge on any atom is -0.471 e. The van der Waals surface area contributed by atoms with E-state index in [1.165, 1.54) is 19.1 Å². The fraction of sp³-hybridized carbons (Fsp3) is 0.586. The van der Waals surface area contributed by atoms with Gasteiger partial charge in [0.05, 0.1) is 12.1 Å². The van der Waals surface area contributed by atoms with Crippen molar-refractivity contribution in [1.29, 1.82) is 0 Å². The number of nitrogens with zero attached hydrogens (tertiary/aromatic N) is 1. The molecule has 1 aromatic carbocycles. The second-order valence-electron chi connectivity index (χ2n) is 12.3. The topological polar surface area (TPSA) is 83.5 Å². The molecular formula is C29H39F2N3O3. The van der Waals surface area contributed by atoms with Crippen LogP contribution in [-0.4, -0.2) is 40.3 Å². The number of nitrogens with one attached hydrogen (secondary N) is 2. The summed E-state index contributed by atoms with van der Waals surface area (Å²) in [5, 5.41) is 17.3. The van der Waals surface area contributed by atoms with Crippen molar-refractivity contribution in [3.8, 4) is 5.88 Å². The van der Waals surface area contributed by atoms with Crippen LogP contribution in [-0.2, 0) is 17.6 Å². The van der Waals surface area contributed by atoms with Gasteiger partial charge >= 0.3 is 0 Å². The number of aliphatic hydroxyl groups excluding tert-OH is 1. The summed E-state index contributed by atoms with van der Waals surface area (Å²) in [6, 6.07) is 4.59. The van der Waals surface area contributed by atoms with Crippen LogP contribution in [0.5, 0.6) is 5.88 Å².